The zero-order valence-electron chi connectivity index (χ0n) is 12.1. The van der Waals surface area contributed by atoms with Crippen LogP contribution in [0.15, 0.2) is 29.3 Å². The molecule has 1 aromatic rings. The molecular weight excluding hydrogens is 267 g/mol. The van der Waals surface area contributed by atoms with Gasteiger partial charge in [-0.15, -0.1) is 0 Å². The third-order valence-corrected chi connectivity index (χ3v) is 3.13. The minimum atomic E-state index is -4.32. The second-order valence-corrected chi connectivity index (χ2v) is 5.14. The van der Waals surface area contributed by atoms with Gasteiger partial charge in [0.05, 0.1) is 5.56 Å². The monoisotopic (exact) mass is 287 g/mol. The standard InChI is InChI=1S/C14H20F3N3/c1-13(2,9-20-12(18-3)19-4)10-6-5-7-11(8-10)14(15,16)17/h5-8H,9H2,1-4H3,(H2,18,19,20). The van der Waals surface area contributed by atoms with Crippen molar-refractivity contribution in [2.75, 3.05) is 20.6 Å². The molecule has 0 atom stereocenters. The lowest BCUT2D eigenvalue weighted by molar-refractivity contribution is -0.137. The van der Waals surface area contributed by atoms with Crippen LogP contribution in [0.4, 0.5) is 13.2 Å². The zero-order chi connectivity index (χ0) is 15.4. The van der Waals surface area contributed by atoms with Gasteiger partial charge < -0.3 is 10.6 Å². The Morgan fingerprint density at radius 1 is 1.20 bits per heavy atom. The summed E-state index contributed by atoms with van der Waals surface area (Å²) >= 11 is 0. The normalized spacial score (nSPS) is 13.2. The van der Waals surface area contributed by atoms with Crippen LogP contribution in [0.25, 0.3) is 0 Å². The third kappa shape index (κ3) is 4.15. The van der Waals surface area contributed by atoms with Crippen molar-refractivity contribution < 1.29 is 13.2 Å². The van der Waals surface area contributed by atoms with E-state index in [1.807, 2.05) is 13.8 Å². The molecule has 0 saturated carbocycles. The Morgan fingerprint density at radius 2 is 1.80 bits per heavy atom. The lowest BCUT2D eigenvalue weighted by atomic mass is 9.84. The van der Waals surface area contributed by atoms with Crippen molar-refractivity contribution in [2.45, 2.75) is 25.4 Å². The number of nitrogens with one attached hydrogen (secondary N) is 2. The predicted octanol–water partition coefficient (Wildman–Crippen LogP) is 2.78. The maximum atomic E-state index is 12.7. The Labute approximate surface area is 117 Å². The number of benzene rings is 1. The number of guanidine groups is 1. The fraction of sp³-hybridized carbons (Fsp3) is 0.500. The number of halogens is 3. The summed E-state index contributed by atoms with van der Waals surface area (Å²) in [6.07, 6.45) is -4.32. The van der Waals surface area contributed by atoms with Gasteiger partial charge in [0.2, 0.25) is 0 Å². The molecule has 0 aliphatic carbocycles. The second kappa shape index (κ2) is 6.15. The highest BCUT2D eigenvalue weighted by Gasteiger charge is 2.32. The maximum absolute atomic E-state index is 12.7. The van der Waals surface area contributed by atoms with Gasteiger partial charge in [0.25, 0.3) is 0 Å². The Hall–Kier alpha value is -1.72. The molecule has 1 rings (SSSR count). The minimum absolute atomic E-state index is 0.450. The van der Waals surface area contributed by atoms with E-state index in [0.717, 1.165) is 6.07 Å². The maximum Gasteiger partial charge on any atom is 0.416 e. The third-order valence-electron chi connectivity index (χ3n) is 3.13. The number of nitrogens with zero attached hydrogens (tertiary/aromatic N) is 1. The number of hydrogen-bond donors (Lipinski definition) is 2. The number of aliphatic imine (C=N–C) groups is 1. The van der Waals surface area contributed by atoms with Crippen molar-refractivity contribution in [1.29, 1.82) is 0 Å². The molecule has 20 heavy (non-hydrogen) atoms. The van der Waals surface area contributed by atoms with E-state index in [1.165, 1.54) is 12.1 Å². The molecule has 112 valence electrons. The van der Waals surface area contributed by atoms with E-state index in [1.54, 1.807) is 20.2 Å². The van der Waals surface area contributed by atoms with E-state index in [2.05, 4.69) is 15.6 Å². The topological polar surface area (TPSA) is 36.4 Å². The van der Waals surface area contributed by atoms with Crippen molar-refractivity contribution in [2.24, 2.45) is 4.99 Å². The molecule has 1 aromatic carbocycles. The molecule has 0 saturated heterocycles. The Morgan fingerprint density at radius 3 is 2.30 bits per heavy atom. The first-order valence-electron chi connectivity index (χ1n) is 6.27. The van der Waals surface area contributed by atoms with E-state index in [0.29, 0.717) is 18.1 Å². The molecule has 0 heterocycles. The fourth-order valence-corrected chi connectivity index (χ4v) is 1.80. The van der Waals surface area contributed by atoms with Gasteiger partial charge in [-0.1, -0.05) is 32.0 Å². The van der Waals surface area contributed by atoms with Gasteiger partial charge >= 0.3 is 6.18 Å². The zero-order valence-corrected chi connectivity index (χ0v) is 12.1. The van der Waals surface area contributed by atoms with Gasteiger partial charge in [0.15, 0.2) is 5.96 Å². The first kappa shape index (κ1) is 16.3. The molecule has 0 radical (unpaired) electrons. The summed E-state index contributed by atoms with van der Waals surface area (Å²) in [5, 5.41) is 5.94. The van der Waals surface area contributed by atoms with E-state index < -0.39 is 17.2 Å². The first-order chi connectivity index (χ1) is 9.20. The minimum Gasteiger partial charge on any atom is -0.359 e. The first-order valence-corrected chi connectivity index (χ1v) is 6.27. The van der Waals surface area contributed by atoms with Gasteiger partial charge in [0.1, 0.15) is 0 Å². The van der Waals surface area contributed by atoms with Gasteiger partial charge in [-0.25, -0.2) is 0 Å². The molecule has 2 N–H and O–H groups in total. The molecule has 0 fully saturated rings. The van der Waals surface area contributed by atoms with Crippen LogP contribution in [-0.2, 0) is 11.6 Å². The summed E-state index contributed by atoms with van der Waals surface area (Å²) in [6, 6.07) is 5.43. The molecule has 0 aliphatic heterocycles. The van der Waals surface area contributed by atoms with Gasteiger partial charge in [0, 0.05) is 26.1 Å². The largest absolute Gasteiger partial charge is 0.416 e. The average molecular weight is 287 g/mol. The molecule has 0 amide bonds. The number of alkyl halides is 3. The molecule has 3 nitrogen and oxygen atoms in total. The Bertz CT molecular complexity index is 479. The van der Waals surface area contributed by atoms with Crippen LogP contribution >= 0.6 is 0 Å². The van der Waals surface area contributed by atoms with Gasteiger partial charge in [-0.3, -0.25) is 4.99 Å². The Kier molecular flexibility index (Phi) is 5.03. The summed E-state index contributed by atoms with van der Waals surface area (Å²) < 4.78 is 38.2. The van der Waals surface area contributed by atoms with E-state index in [4.69, 9.17) is 0 Å². The van der Waals surface area contributed by atoms with Crippen molar-refractivity contribution >= 4 is 5.96 Å². The quantitative estimate of drug-likeness (QED) is 0.662. The lowest BCUT2D eigenvalue weighted by Crippen LogP contribution is -2.42. The summed E-state index contributed by atoms with van der Waals surface area (Å²) in [6.45, 7) is 4.25. The van der Waals surface area contributed by atoms with Gasteiger partial charge in [-0.2, -0.15) is 13.2 Å². The van der Waals surface area contributed by atoms with Crippen molar-refractivity contribution in [3.05, 3.63) is 35.4 Å². The van der Waals surface area contributed by atoms with E-state index >= 15 is 0 Å². The molecule has 0 aliphatic rings. The van der Waals surface area contributed by atoms with Crippen LogP contribution in [0.5, 0.6) is 0 Å². The average Bonchev–Trinajstić information content (AvgIpc) is 2.39. The predicted molar refractivity (Wildman–Crippen MR) is 74.9 cm³/mol. The second-order valence-electron chi connectivity index (χ2n) is 5.14. The highest BCUT2D eigenvalue weighted by atomic mass is 19.4. The van der Waals surface area contributed by atoms with Crippen LogP contribution in [0.1, 0.15) is 25.0 Å². The number of rotatable bonds is 3. The highest BCUT2D eigenvalue weighted by Crippen LogP contribution is 2.32. The van der Waals surface area contributed by atoms with Crippen molar-refractivity contribution in [3.8, 4) is 0 Å². The van der Waals surface area contributed by atoms with Crippen LogP contribution < -0.4 is 10.6 Å². The SMILES string of the molecule is CN=C(NC)NCC(C)(C)c1cccc(C(F)(F)F)c1. The molecule has 0 unspecified atom stereocenters. The fourth-order valence-electron chi connectivity index (χ4n) is 1.80. The molecule has 0 spiro atoms. The molecule has 6 heteroatoms. The van der Waals surface area contributed by atoms with Crippen LogP contribution in [0.3, 0.4) is 0 Å². The van der Waals surface area contributed by atoms with E-state index in [-0.39, 0.29) is 0 Å². The van der Waals surface area contributed by atoms with Crippen LogP contribution in [-0.4, -0.2) is 26.6 Å². The van der Waals surface area contributed by atoms with Crippen molar-refractivity contribution in [1.82, 2.24) is 10.6 Å². The van der Waals surface area contributed by atoms with Crippen LogP contribution in [0, 0.1) is 0 Å². The summed E-state index contributed by atoms with van der Waals surface area (Å²) in [5.41, 5.74) is -0.443. The molecular formula is C14H20F3N3. The lowest BCUT2D eigenvalue weighted by Gasteiger charge is -2.27. The molecule has 0 aromatic heterocycles. The smallest absolute Gasteiger partial charge is 0.359 e. The summed E-state index contributed by atoms with van der Waals surface area (Å²) in [4.78, 5) is 3.97. The van der Waals surface area contributed by atoms with Gasteiger partial charge in [-0.05, 0) is 11.6 Å². The number of hydrogen-bond acceptors (Lipinski definition) is 1. The summed E-state index contributed by atoms with van der Waals surface area (Å²) in [7, 11) is 3.36. The Balaban J connectivity index is 2.92. The molecule has 0 bridgehead atoms. The highest BCUT2D eigenvalue weighted by molar-refractivity contribution is 5.79. The van der Waals surface area contributed by atoms with Crippen molar-refractivity contribution in [3.63, 3.8) is 0 Å². The van der Waals surface area contributed by atoms with E-state index in [9.17, 15) is 13.2 Å². The van der Waals surface area contributed by atoms with Crippen LogP contribution in [0.2, 0.25) is 0 Å². The summed E-state index contributed by atoms with van der Waals surface area (Å²) in [5.74, 6) is 0.602.